The van der Waals surface area contributed by atoms with E-state index in [1.165, 1.54) is 25.7 Å². The third kappa shape index (κ3) is 1.87. The highest BCUT2D eigenvalue weighted by Gasteiger charge is 2.38. The van der Waals surface area contributed by atoms with Crippen molar-refractivity contribution in [3.63, 3.8) is 0 Å². The first-order valence-corrected chi connectivity index (χ1v) is 5.40. The summed E-state index contributed by atoms with van der Waals surface area (Å²) in [4.78, 5) is 7.81. The predicted molar refractivity (Wildman–Crippen MR) is 52.4 cm³/mol. The Kier molecular flexibility index (Phi) is 2.86. The fraction of sp³-hybridized carbons (Fsp3) is 1.00. The number of hydroxylamine groups is 1. The first-order chi connectivity index (χ1) is 6.31. The molecule has 2 aliphatic heterocycles. The molecule has 0 aromatic rings. The Labute approximate surface area is 80.4 Å². The minimum Gasteiger partial charge on any atom is -0.302 e. The van der Waals surface area contributed by atoms with E-state index in [9.17, 15) is 0 Å². The Morgan fingerprint density at radius 3 is 2.46 bits per heavy atom. The van der Waals surface area contributed by atoms with Crippen LogP contribution in [0.25, 0.3) is 0 Å². The summed E-state index contributed by atoms with van der Waals surface area (Å²) in [6, 6.07) is 2.20. The summed E-state index contributed by atoms with van der Waals surface area (Å²) >= 11 is 0. The minimum atomic E-state index is 0.591. The van der Waals surface area contributed by atoms with Crippen LogP contribution in [0.4, 0.5) is 0 Å². The Balaban J connectivity index is 1.84. The van der Waals surface area contributed by atoms with Crippen molar-refractivity contribution in [1.29, 1.82) is 0 Å². The molecule has 2 saturated heterocycles. The molecule has 3 nitrogen and oxygen atoms in total. The van der Waals surface area contributed by atoms with E-state index in [0.717, 1.165) is 18.7 Å². The summed E-state index contributed by atoms with van der Waals surface area (Å²) in [7, 11) is 2.26. The number of fused-ring (bicyclic) bond motifs is 2. The highest BCUT2D eigenvalue weighted by molar-refractivity contribution is 4.95. The second kappa shape index (κ2) is 3.95. The zero-order valence-electron chi connectivity index (χ0n) is 8.62. The molecule has 0 spiro atoms. The monoisotopic (exact) mass is 184 g/mol. The molecule has 3 heteroatoms. The molecule has 0 amide bonds. The molecule has 0 aromatic carbocycles. The number of hydrogen-bond acceptors (Lipinski definition) is 3. The van der Waals surface area contributed by atoms with Crippen LogP contribution in [0.2, 0.25) is 0 Å². The zero-order valence-corrected chi connectivity index (χ0v) is 8.62. The Morgan fingerprint density at radius 1 is 1.31 bits per heavy atom. The van der Waals surface area contributed by atoms with Crippen LogP contribution >= 0.6 is 0 Å². The highest BCUT2D eigenvalue weighted by atomic mass is 16.6. The summed E-state index contributed by atoms with van der Waals surface area (Å²) in [6.45, 7) is 2.79. The van der Waals surface area contributed by atoms with E-state index in [4.69, 9.17) is 4.84 Å². The highest BCUT2D eigenvalue weighted by Crippen LogP contribution is 2.33. The molecule has 0 radical (unpaired) electrons. The van der Waals surface area contributed by atoms with Crippen molar-refractivity contribution in [2.45, 2.75) is 50.7 Å². The lowest BCUT2D eigenvalue weighted by molar-refractivity contribution is -0.00343. The second-order valence-electron chi connectivity index (χ2n) is 4.27. The van der Waals surface area contributed by atoms with Crippen molar-refractivity contribution in [3.8, 4) is 0 Å². The average Bonchev–Trinajstić information content (AvgIpc) is 2.41. The molecular formula is C10H20N2O. The summed E-state index contributed by atoms with van der Waals surface area (Å²) in [6.07, 6.45) is 5.27. The van der Waals surface area contributed by atoms with E-state index >= 15 is 0 Å². The Bertz CT molecular complexity index is 160. The molecule has 2 heterocycles. The standard InChI is InChI=1S/C10H20N2O/c1-3-13-11-8-6-9-4-5-10(7-8)12(9)2/h8-11H,3-7H2,1-2H3. The van der Waals surface area contributed by atoms with E-state index < -0.39 is 0 Å². The smallest absolute Gasteiger partial charge is 0.0654 e. The van der Waals surface area contributed by atoms with E-state index in [0.29, 0.717) is 6.04 Å². The van der Waals surface area contributed by atoms with Gasteiger partial charge in [0, 0.05) is 18.1 Å². The van der Waals surface area contributed by atoms with Gasteiger partial charge in [0.25, 0.3) is 0 Å². The van der Waals surface area contributed by atoms with Crippen LogP contribution in [-0.2, 0) is 4.84 Å². The number of nitrogens with zero attached hydrogens (tertiary/aromatic N) is 1. The largest absolute Gasteiger partial charge is 0.302 e. The van der Waals surface area contributed by atoms with Gasteiger partial charge in [-0.05, 0) is 39.7 Å². The van der Waals surface area contributed by atoms with Gasteiger partial charge >= 0.3 is 0 Å². The van der Waals surface area contributed by atoms with Crippen LogP contribution in [0.1, 0.15) is 32.6 Å². The maximum absolute atomic E-state index is 5.26. The topological polar surface area (TPSA) is 24.5 Å². The predicted octanol–water partition coefficient (Wildman–Crippen LogP) is 1.15. The molecule has 0 aliphatic carbocycles. The molecule has 2 unspecified atom stereocenters. The average molecular weight is 184 g/mol. The molecule has 2 bridgehead atoms. The molecule has 1 N–H and O–H groups in total. The van der Waals surface area contributed by atoms with Gasteiger partial charge in [-0.1, -0.05) is 0 Å². The van der Waals surface area contributed by atoms with Crippen LogP contribution in [0.5, 0.6) is 0 Å². The molecule has 2 aliphatic rings. The van der Waals surface area contributed by atoms with Crippen molar-refractivity contribution in [1.82, 2.24) is 10.4 Å². The lowest BCUT2D eigenvalue weighted by Gasteiger charge is -2.36. The lowest BCUT2D eigenvalue weighted by Crippen LogP contribution is -2.47. The van der Waals surface area contributed by atoms with Gasteiger partial charge in [-0.15, -0.1) is 0 Å². The fourth-order valence-corrected chi connectivity index (χ4v) is 2.71. The van der Waals surface area contributed by atoms with Gasteiger partial charge in [-0.2, -0.15) is 5.48 Å². The van der Waals surface area contributed by atoms with E-state index in [1.807, 2.05) is 6.92 Å². The number of rotatable bonds is 3. The quantitative estimate of drug-likeness (QED) is 0.666. The van der Waals surface area contributed by atoms with Gasteiger partial charge in [0.05, 0.1) is 6.61 Å². The lowest BCUT2D eigenvalue weighted by atomic mass is 9.99. The second-order valence-corrected chi connectivity index (χ2v) is 4.27. The molecule has 76 valence electrons. The summed E-state index contributed by atoms with van der Waals surface area (Å²) in [5.74, 6) is 0. The van der Waals surface area contributed by atoms with Crippen molar-refractivity contribution in [3.05, 3.63) is 0 Å². The SMILES string of the molecule is CCONC1CC2CCC(C1)N2C. The third-order valence-corrected chi connectivity index (χ3v) is 3.49. The molecule has 0 saturated carbocycles. The zero-order chi connectivity index (χ0) is 9.26. The van der Waals surface area contributed by atoms with Crippen molar-refractivity contribution in [2.24, 2.45) is 0 Å². The molecule has 2 rings (SSSR count). The van der Waals surface area contributed by atoms with Crippen LogP contribution in [0.15, 0.2) is 0 Å². The molecule has 0 aromatic heterocycles. The Hall–Kier alpha value is -0.120. The summed E-state index contributed by atoms with van der Waals surface area (Å²) in [5.41, 5.74) is 3.17. The third-order valence-electron chi connectivity index (χ3n) is 3.49. The van der Waals surface area contributed by atoms with E-state index in [-0.39, 0.29) is 0 Å². The normalized spacial score (nSPS) is 39.7. The summed E-state index contributed by atoms with van der Waals surface area (Å²) < 4.78 is 0. The number of hydrogen-bond donors (Lipinski definition) is 1. The van der Waals surface area contributed by atoms with Gasteiger partial charge in [-0.3, -0.25) is 0 Å². The van der Waals surface area contributed by atoms with Gasteiger partial charge in [0.1, 0.15) is 0 Å². The van der Waals surface area contributed by atoms with Crippen LogP contribution in [0.3, 0.4) is 0 Å². The van der Waals surface area contributed by atoms with Crippen LogP contribution < -0.4 is 5.48 Å². The number of piperidine rings is 1. The van der Waals surface area contributed by atoms with Gasteiger partial charge < -0.3 is 9.74 Å². The Morgan fingerprint density at radius 2 is 1.92 bits per heavy atom. The van der Waals surface area contributed by atoms with E-state index in [1.54, 1.807) is 0 Å². The van der Waals surface area contributed by atoms with E-state index in [2.05, 4.69) is 17.4 Å². The fourth-order valence-electron chi connectivity index (χ4n) is 2.71. The summed E-state index contributed by atoms with van der Waals surface area (Å²) in [5, 5.41) is 0. The maximum atomic E-state index is 5.26. The molecule has 2 atom stereocenters. The molecule has 2 fully saturated rings. The number of nitrogens with one attached hydrogen (secondary N) is 1. The van der Waals surface area contributed by atoms with Gasteiger partial charge in [0.2, 0.25) is 0 Å². The van der Waals surface area contributed by atoms with Crippen LogP contribution in [-0.4, -0.2) is 36.7 Å². The minimum absolute atomic E-state index is 0.591. The van der Waals surface area contributed by atoms with Gasteiger partial charge in [0.15, 0.2) is 0 Å². The molecule has 13 heavy (non-hydrogen) atoms. The first-order valence-electron chi connectivity index (χ1n) is 5.40. The maximum Gasteiger partial charge on any atom is 0.0654 e. The molecular weight excluding hydrogens is 164 g/mol. The van der Waals surface area contributed by atoms with Crippen LogP contribution in [0, 0.1) is 0 Å². The van der Waals surface area contributed by atoms with Crippen molar-refractivity contribution in [2.75, 3.05) is 13.7 Å². The van der Waals surface area contributed by atoms with Crippen molar-refractivity contribution >= 4 is 0 Å². The van der Waals surface area contributed by atoms with Crippen molar-refractivity contribution < 1.29 is 4.84 Å². The first kappa shape index (κ1) is 9.44. The van der Waals surface area contributed by atoms with Gasteiger partial charge in [-0.25, -0.2) is 0 Å².